The zero-order valence-corrected chi connectivity index (χ0v) is 3.55. The van der Waals surface area contributed by atoms with Gasteiger partial charge in [-0.25, -0.2) is 0 Å². The van der Waals surface area contributed by atoms with Gasteiger partial charge in [-0.15, -0.1) is 5.10 Å². The Hall–Kier alpha value is -0.860. The molecule has 1 heterocycles. The predicted molar refractivity (Wildman–Crippen MR) is 19.8 cm³/mol. The van der Waals surface area contributed by atoms with Crippen molar-refractivity contribution in [2.24, 2.45) is 7.05 Å². The van der Waals surface area contributed by atoms with E-state index in [9.17, 15) is 0 Å². The van der Waals surface area contributed by atoms with Crippen molar-refractivity contribution in [1.82, 2.24) is 10.2 Å². The number of aryl methyl sites for hydroxylation is 1. The lowest BCUT2D eigenvalue weighted by Crippen LogP contribution is -2.32. The highest BCUT2D eigenvalue weighted by atomic mass is 15.4. The number of rotatable bonds is 0. The molecular weight excluding hydrogens is 78.1 g/mol. The third-order valence-electron chi connectivity index (χ3n) is 0.576. The van der Waals surface area contributed by atoms with E-state index in [2.05, 4.69) is 10.2 Å². The Morgan fingerprint density at radius 1 is 1.83 bits per heavy atom. The van der Waals surface area contributed by atoms with Crippen LogP contribution < -0.4 is 4.80 Å². The van der Waals surface area contributed by atoms with E-state index in [0.717, 1.165) is 0 Å². The summed E-state index contributed by atoms with van der Waals surface area (Å²) in [5, 5.41) is 6.58. The summed E-state index contributed by atoms with van der Waals surface area (Å²) in [6.07, 6.45) is 3.46. The van der Waals surface area contributed by atoms with Crippen LogP contribution in [0.4, 0.5) is 0 Å². The summed E-state index contributed by atoms with van der Waals surface area (Å²) in [7, 11) is 1.83. The lowest BCUT2D eigenvalue weighted by Gasteiger charge is -1.61. The molecule has 0 spiro atoms. The minimum absolute atomic E-state index is 1.62. The third-order valence-corrected chi connectivity index (χ3v) is 0.576. The van der Waals surface area contributed by atoms with Gasteiger partial charge in [-0.05, 0) is 4.80 Å². The first-order chi connectivity index (χ1) is 2.89. The van der Waals surface area contributed by atoms with Crippen LogP contribution in [-0.2, 0) is 7.05 Å². The van der Waals surface area contributed by atoms with Crippen molar-refractivity contribution in [1.29, 1.82) is 0 Å². The summed E-state index contributed by atoms with van der Waals surface area (Å²) in [4.78, 5) is 1.62. The van der Waals surface area contributed by atoms with Crippen molar-refractivity contribution in [3.8, 4) is 0 Å². The minimum Gasteiger partial charge on any atom is -0.147 e. The largest absolute Gasteiger partial charge is 0.191 e. The fraction of sp³-hybridized carbons (Fsp3) is 0.333. The molecule has 0 bridgehead atoms. The van der Waals surface area contributed by atoms with Crippen LogP contribution in [0.5, 0.6) is 0 Å². The molecule has 32 valence electrons. The van der Waals surface area contributed by atoms with E-state index in [-0.39, 0.29) is 0 Å². The van der Waals surface area contributed by atoms with E-state index in [1.165, 1.54) is 0 Å². The third kappa shape index (κ3) is 0.381. The SMILES string of the molecule is C[n+]1ncc[nH]1. The second-order valence-electron chi connectivity index (χ2n) is 1.08. The van der Waals surface area contributed by atoms with Gasteiger partial charge in [-0.3, -0.25) is 0 Å². The summed E-state index contributed by atoms with van der Waals surface area (Å²) in [6, 6.07) is 0. The van der Waals surface area contributed by atoms with Crippen LogP contribution >= 0.6 is 0 Å². The van der Waals surface area contributed by atoms with E-state index in [1.807, 2.05) is 7.05 Å². The molecule has 0 saturated heterocycles. The average molecular weight is 84.1 g/mol. The topological polar surface area (TPSA) is 32.6 Å². The van der Waals surface area contributed by atoms with Crippen molar-refractivity contribution in [2.75, 3.05) is 0 Å². The highest BCUT2D eigenvalue weighted by molar-refractivity contribution is 4.51. The number of nitrogens with one attached hydrogen (secondary N) is 1. The molecule has 0 aliphatic heterocycles. The lowest BCUT2D eigenvalue weighted by molar-refractivity contribution is -0.781. The summed E-state index contributed by atoms with van der Waals surface area (Å²) < 4.78 is 0. The summed E-state index contributed by atoms with van der Waals surface area (Å²) in [5.74, 6) is 0. The van der Waals surface area contributed by atoms with E-state index in [1.54, 1.807) is 17.2 Å². The second-order valence-corrected chi connectivity index (χ2v) is 1.08. The maximum atomic E-state index is 3.78. The summed E-state index contributed by atoms with van der Waals surface area (Å²) in [6.45, 7) is 0. The van der Waals surface area contributed by atoms with E-state index >= 15 is 0 Å². The molecule has 3 nitrogen and oxygen atoms in total. The van der Waals surface area contributed by atoms with Crippen molar-refractivity contribution in [3.05, 3.63) is 12.4 Å². The van der Waals surface area contributed by atoms with Crippen LogP contribution in [0.15, 0.2) is 12.4 Å². The van der Waals surface area contributed by atoms with Crippen LogP contribution in [0, 0.1) is 0 Å². The van der Waals surface area contributed by atoms with Crippen LogP contribution in [-0.4, -0.2) is 10.2 Å². The molecule has 1 aromatic rings. The van der Waals surface area contributed by atoms with Gasteiger partial charge in [0.15, 0.2) is 7.05 Å². The first kappa shape index (κ1) is 3.33. The average Bonchev–Trinajstić information content (AvgIpc) is 1.86. The Balaban J connectivity index is 3.05. The fourth-order valence-electron chi connectivity index (χ4n) is 0.308. The molecule has 6 heavy (non-hydrogen) atoms. The van der Waals surface area contributed by atoms with Crippen molar-refractivity contribution in [2.45, 2.75) is 0 Å². The number of H-pyrrole nitrogens is 1. The highest BCUT2D eigenvalue weighted by Crippen LogP contribution is 1.53. The van der Waals surface area contributed by atoms with Crippen LogP contribution in [0.25, 0.3) is 0 Å². The zero-order valence-electron chi connectivity index (χ0n) is 3.55. The number of hydrogen-bond acceptors (Lipinski definition) is 1. The van der Waals surface area contributed by atoms with Crippen molar-refractivity contribution < 1.29 is 4.80 Å². The lowest BCUT2D eigenvalue weighted by atomic mass is 11.0. The number of nitrogens with zero attached hydrogens (tertiary/aromatic N) is 2. The standard InChI is InChI=1S/C3H5N3/c1-6-4-2-3-5-6/h2-3H,1H3/p+1. The van der Waals surface area contributed by atoms with Gasteiger partial charge >= 0.3 is 0 Å². The summed E-state index contributed by atoms with van der Waals surface area (Å²) in [5.41, 5.74) is 0. The van der Waals surface area contributed by atoms with Crippen molar-refractivity contribution in [3.63, 3.8) is 0 Å². The van der Waals surface area contributed by atoms with Gasteiger partial charge < -0.3 is 0 Å². The predicted octanol–water partition coefficient (Wildman–Crippen LogP) is -0.766. The van der Waals surface area contributed by atoms with Crippen LogP contribution in [0.2, 0.25) is 0 Å². The molecule has 0 fully saturated rings. The highest BCUT2D eigenvalue weighted by Gasteiger charge is 1.81. The van der Waals surface area contributed by atoms with E-state index in [0.29, 0.717) is 0 Å². The Morgan fingerprint density at radius 3 is 2.83 bits per heavy atom. The molecular formula is C3H6N3+. The van der Waals surface area contributed by atoms with Gasteiger partial charge in [0, 0.05) is 5.10 Å². The Bertz CT molecular complexity index is 110. The van der Waals surface area contributed by atoms with E-state index in [4.69, 9.17) is 0 Å². The Morgan fingerprint density at radius 2 is 2.67 bits per heavy atom. The molecule has 0 radical (unpaired) electrons. The van der Waals surface area contributed by atoms with Gasteiger partial charge in [0.25, 0.3) is 0 Å². The normalized spacial score (nSPS) is 8.83. The first-order valence-corrected chi connectivity index (χ1v) is 1.75. The molecule has 0 aromatic carbocycles. The van der Waals surface area contributed by atoms with Gasteiger partial charge in [-0.1, -0.05) is 0 Å². The number of aromatic amines is 1. The molecule has 0 saturated carbocycles. The molecule has 0 aliphatic carbocycles. The molecule has 0 atom stereocenters. The molecule has 0 unspecified atom stereocenters. The molecule has 0 amide bonds. The quantitative estimate of drug-likeness (QED) is 0.411. The van der Waals surface area contributed by atoms with Gasteiger partial charge in [0.2, 0.25) is 0 Å². The Labute approximate surface area is 35.6 Å². The maximum absolute atomic E-state index is 3.78. The molecule has 1 N–H and O–H groups in total. The van der Waals surface area contributed by atoms with Crippen LogP contribution in [0.1, 0.15) is 0 Å². The molecule has 3 heteroatoms. The van der Waals surface area contributed by atoms with Gasteiger partial charge in [0.05, 0.1) is 6.20 Å². The monoisotopic (exact) mass is 84.1 g/mol. The van der Waals surface area contributed by atoms with Gasteiger partial charge in [0.1, 0.15) is 6.20 Å². The number of aromatic nitrogens is 3. The van der Waals surface area contributed by atoms with E-state index < -0.39 is 0 Å². The minimum atomic E-state index is 1.62. The second kappa shape index (κ2) is 1.08. The molecule has 1 rings (SSSR count). The first-order valence-electron chi connectivity index (χ1n) is 1.75. The Kier molecular flexibility index (Phi) is 0.602. The molecule has 1 aromatic heterocycles. The number of hydrogen-bond donors (Lipinski definition) is 1. The zero-order chi connectivity index (χ0) is 4.41. The van der Waals surface area contributed by atoms with Crippen LogP contribution in [0.3, 0.4) is 0 Å². The fourth-order valence-corrected chi connectivity index (χ4v) is 0.308. The van der Waals surface area contributed by atoms with Gasteiger partial charge in [-0.2, -0.15) is 0 Å². The molecule has 0 aliphatic rings. The maximum Gasteiger partial charge on any atom is 0.191 e. The smallest absolute Gasteiger partial charge is 0.147 e. The summed E-state index contributed by atoms with van der Waals surface area (Å²) >= 11 is 0. The van der Waals surface area contributed by atoms with Crippen molar-refractivity contribution >= 4 is 0 Å².